The lowest BCUT2D eigenvalue weighted by Crippen LogP contribution is -2.24. The summed E-state index contributed by atoms with van der Waals surface area (Å²) in [6.45, 7) is -0.139. The van der Waals surface area contributed by atoms with Crippen molar-refractivity contribution in [2.45, 2.75) is 0 Å². The summed E-state index contributed by atoms with van der Waals surface area (Å²) in [5.74, 6) is 0.284. The van der Waals surface area contributed by atoms with Gasteiger partial charge in [0.1, 0.15) is 5.75 Å². The summed E-state index contributed by atoms with van der Waals surface area (Å²) in [5.41, 5.74) is 3.06. The number of hydrogen-bond donors (Lipinski definition) is 1. The number of rotatable bonds is 5. The van der Waals surface area contributed by atoms with Crippen molar-refractivity contribution < 1.29 is 9.53 Å². The molecule has 3 aromatic carbocycles. The highest BCUT2D eigenvalue weighted by Gasteiger charge is 2.05. The number of hydrogen-bond acceptors (Lipinski definition) is 3. The van der Waals surface area contributed by atoms with Crippen LogP contribution in [0.5, 0.6) is 5.75 Å². The summed E-state index contributed by atoms with van der Waals surface area (Å²) in [6.07, 6.45) is 1.45. The first kappa shape index (κ1) is 17.3. The monoisotopic (exact) mass is 372 g/mol. The zero-order valence-electron chi connectivity index (χ0n) is 13.1. The summed E-state index contributed by atoms with van der Waals surface area (Å²) < 4.78 is 5.59. The minimum absolute atomic E-state index is 0.139. The first-order valence-electron chi connectivity index (χ1n) is 7.51. The van der Waals surface area contributed by atoms with Crippen LogP contribution in [0.2, 0.25) is 10.0 Å². The standard InChI is InChI=1S/C19H14Cl2N2O2/c20-15-9-8-14(17(21)10-15)11-22-23-19(24)12-25-18-7-3-5-13-4-1-2-6-16(13)18/h1-11H,12H2,(H,23,24)/b22-11+. The van der Waals surface area contributed by atoms with E-state index >= 15 is 0 Å². The third-order valence-corrected chi connectivity index (χ3v) is 4.03. The molecule has 0 aromatic heterocycles. The quantitative estimate of drug-likeness (QED) is 0.522. The molecule has 0 aliphatic heterocycles. The molecule has 0 bridgehead atoms. The molecule has 0 heterocycles. The number of carbonyl (C=O) groups excluding carboxylic acids is 1. The van der Waals surface area contributed by atoms with Gasteiger partial charge in [0, 0.05) is 16.0 Å². The highest BCUT2D eigenvalue weighted by Crippen LogP contribution is 2.25. The van der Waals surface area contributed by atoms with E-state index in [0.29, 0.717) is 21.4 Å². The topological polar surface area (TPSA) is 50.7 Å². The van der Waals surface area contributed by atoms with Gasteiger partial charge in [0.2, 0.25) is 0 Å². The van der Waals surface area contributed by atoms with Crippen LogP contribution < -0.4 is 10.2 Å². The van der Waals surface area contributed by atoms with E-state index in [-0.39, 0.29) is 12.5 Å². The summed E-state index contributed by atoms with van der Waals surface area (Å²) in [5, 5.41) is 6.87. The highest BCUT2D eigenvalue weighted by atomic mass is 35.5. The number of hydrazone groups is 1. The Hall–Kier alpha value is -2.56. The van der Waals surface area contributed by atoms with Gasteiger partial charge in [0.15, 0.2) is 6.61 Å². The van der Waals surface area contributed by atoms with E-state index in [1.165, 1.54) is 6.21 Å². The van der Waals surface area contributed by atoms with Crippen LogP contribution in [0.3, 0.4) is 0 Å². The smallest absolute Gasteiger partial charge is 0.277 e. The van der Waals surface area contributed by atoms with Crippen molar-refractivity contribution in [3.63, 3.8) is 0 Å². The molecule has 1 amide bonds. The van der Waals surface area contributed by atoms with Crippen molar-refractivity contribution in [1.29, 1.82) is 0 Å². The molecule has 0 unspecified atom stereocenters. The maximum Gasteiger partial charge on any atom is 0.277 e. The second-order valence-corrected chi connectivity index (χ2v) is 6.07. The molecule has 25 heavy (non-hydrogen) atoms. The minimum Gasteiger partial charge on any atom is -0.483 e. The van der Waals surface area contributed by atoms with Gasteiger partial charge >= 0.3 is 0 Å². The molecule has 0 aliphatic rings. The van der Waals surface area contributed by atoms with Gasteiger partial charge in [-0.3, -0.25) is 4.79 Å². The molecule has 0 saturated heterocycles. The molecule has 126 valence electrons. The molecular weight excluding hydrogens is 359 g/mol. The Labute approximate surface area is 155 Å². The van der Waals surface area contributed by atoms with Crippen LogP contribution >= 0.6 is 23.2 Å². The zero-order chi connectivity index (χ0) is 17.6. The Morgan fingerprint density at radius 1 is 1.08 bits per heavy atom. The molecular formula is C19H14Cl2N2O2. The minimum atomic E-state index is -0.366. The fraction of sp³-hybridized carbons (Fsp3) is 0.0526. The van der Waals surface area contributed by atoms with E-state index in [2.05, 4.69) is 10.5 Å². The second-order valence-electron chi connectivity index (χ2n) is 5.22. The van der Waals surface area contributed by atoms with Gasteiger partial charge in [-0.2, -0.15) is 5.10 Å². The van der Waals surface area contributed by atoms with Gasteiger partial charge in [0.25, 0.3) is 5.91 Å². The van der Waals surface area contributed by atoms with Gasteiger partial charge in [-0.25, -0.2) is 5.43 Å². The van der Waals surface area contributed by atoms with E-state index in [1.54, 1.807) is 18.2 Å². The number of benzene rings is 3. The normalized spacial score (nSPS) is 11.0. The molecule has 3 aromatic rings. The molecule has 0 radical (unpaired) electrons. The summed E-state index contributed by atoms with van der Waals surface area (Å²) in [6, 6.07) is 18.5. The lowest BCUT2D eigenvalue weighted by Gasteiger charge is -2.08. The Balaban J connectivity index is 1.58. The number of nitrogens with one attached hydrogen (secondary N) is 1. The van der Waals surface area contributed by atoms with E-state index in [0.717, 1.165) is 10.8 Å². The van der Waals surface area contributed by atoms with Crippen molar-refractivity contribution in [2.24, 2.45) is 5.10 Å². The number of ether oxygens (including phenoxy) is 1. The number of halogens is 2. The molecule has 6 heteroatoms. The molecule has 0 atom stereocenters. The van der Waals surface area contributed by atoms with E-state index in [1.807, 2.05) is 42.5 Å². The van der Waals surface area contributed by atoms with Crippen LogP contribution in [-0.4, -0.2) is 18.7 Å². The van der Waals surface area contributed by atoms with E-state index < -0.39 is 0 Å². The maximum absolute atomic E-state index is 11.9. The maximum atomic E-state index is 11.9. The first-order chi connectivity index (χ1) is 12.1. The summed E-state index contributed by atoms with van der Waals surface area (Å²) in [4.78, 5) is 11.9. The molecule has 0 aliphatic carbocycles. The van der Waals surface area contributed by atoms with Gasteiger partial charge in [0.05, 0.1) is 11.2 Å². The molecule has 3 rings (SSSR count). The summed E-state index contributed by atoms with van der Waals surface area (Å²) in [7, 11) is 0. The average molecular weight is 373 g/mol. The Morgan fingerprint density at radius 3 is 2.72 bits per heavy atom. The van der Waals surface area contributed by atoms with Gasteiger partial charge in [-0.1, -0.05) is 65.7 Å². The fourth-order valence-corrected chi connectivity index (χ4v) is 2.73. The van der Waals surface area contributed by atoms with Gasteiger partial charge in [-0.05, 0) is 23.6 Å². The van der Waals surface area contributed by atoms with Crippen molar-refractivity contribution in [1.82, 2.24) is 5.43 Å². The van der Waals surface area contributed by atoms with Crippen molar-refractivity contribution in [2.75, 3.05) is 6.61 Å². The number of carbonyl (C=O) groups is 1. The third-order valence-electron chi connectivity index (χ3n) is 3.46. The second kappa shape index (κ2) is 8.01. The third kappa shape index (κ3) is 4.50. The lowest BCUT2D eigenvalue weighted by molar-refractivity contribution is -0.123. The molecule has 0 saturated carbocycles. The van der Waals surface area contributed by atoms with Crippen LogP contribution in [-0.2, 0) is 4.79 Å². The lowest BCUT2D eigenvalue weighted by atomic mass is 10.1. The van der Waals surface area contributed by atoms with E-state index in [4.69, 9.17) is 27.9 Å². The van der Waals surface area contributed by atoms with Crippen molar-refractivity contribution >= 4 is 46.1 Å². The Morgan fingerprint density at radius 2 is 1.88 bits per heavy atom. The van der Waals surface area contributed by atoms with Crippen molar-refractivity contribution in [3.8, 4) is 5.75 Å². The Kier molecular flexibility index (Phi) is 5.53. The predicted molar refractivity (Wildman–Crippen MR) is 102 cm³/mol. The first-order valence-corrected chi connectivity index (χ1v) is 8.26. The number of fused-ring (bicyclic) bond motifs is 1. The molecule has 0 spiro atoms. The van der Waals surface area contributed by atoms with Crippen LogP contribution in [0.4, 0.5) is 0 Å². The molecule has 0 fully saturated rings. The SMILES string of the molecule is O=C(COc1cccc2ccccc12)N/N=C/c1ccc(Cl)cc1Cl. The Bertz CT molecular complexity index is 936. The highest BCUT2D eigenvalue weighted by molar-refractivity contribution is 6.36. The van der Waals surface area contributed by atoms with Crippen molar-refractivity contribution in [3.05, 3.63) is 76.3 Å². The predicted octanol–water partition coefficient (Wildman–Crippen LogP) is 4.68. The largest absolute Gasteiger partial charge is 0.483 e. The van der Waals surface area contributed by atoms with Crippen LogP contribution in [0, 0.1) is 0 Å². The molecule has 1 N–H and O–H groups in total. The zero-order valence-corrected chi connectivity index (χ0v) is 14.6. The molecule has 4 nitrogen and oxygen atoms in total. The van der Waals surface area contributed by atoms with E-state index in [9.17, 15) is 4.79 Å². The average Bonchev–Trinajstić information content (AvgIpc) is 2.62. The van der Waals surface area contributed by atoms with Crippen LogP contribution in [0.25, 0.3) is 10.8 Å². The fourth-order valence-electron chi connectivity index (χ4n) is 2.28. The van der Waals surface area contributed by atoms with Gasteiger partial charge in [-0.15, -0.1) is 0 Å². The van der Waals surface area contributed by atoms with Crippen LogP contribution in [0.15, 0.2) is 65.8 Å². The number of nitrogens with zero attached hydrogens (tertiary/aromatic N) is 1. The van der Waals surface area contributed by atoms with Crippen LogP contribution in [0.1, 0.15) is 5.56 Å². The number of amides is 1. The summed E-state index contributed by atoms with van der Waals surface area (Å²) >= 11 is 11.9. The van der Waals surface area contributed by atoms with Gasteiger partial charge < -0.3 is 4.74 Å².